The Morgan fingerprint density at radius 3 is 2.33 bits per heavy atom. The number of carboxylic acid groups (broad SMARTS) is 2. The van der Waals surface area contributed by atoms with Gasteiger partial charge >= 0.3 is 11.9 Å². The Morgan fingerprint density at radius 2 is 1.71 bits per heavy atom. The van der Waals surface area contributed by atoms with Crippen molar-refractivity contribution in [1.82, 2.24) is 16.0 Å². The fraction of sp³-hybridized carbons (Fsp3) is 0.615. The third-order valence-corrected chi connectivity index (χ3v) is 4.18. The van der Waals surface area contributed by atoms with Crippen LogP contribution in [0.5, 0.6) is 0 Å². The highest BCUT2D eigenvalue weighted by atomic mass is 32.2. The van der Waals surface area contributed by atoms with Crippen LogP contribution in [-0.4, -0.2) is 70.0 Å². The van der Waals surface area contributed by atoms with Crippen molar-refractivity contribution >= 4 is 41.4 Å². The van der Waals surface area contributed by atoms with Gasteiger partial charge in [0.25, 0.3) is 0 Å². The van der Waals surface area contributed by atoms with Crippen molar-refractivity contribution in [2.75, 3.05) is 18.1 Å². The normalized spacial score (nSPS) is 23.0. The predicted octanol–water partition coefficient (Wildman–Crippen LogP) is -1.84. The van der Waals surface area contributed by atoms with E-state index >= 15 is 0 Å². The number of hydrogen-bond acceptors (Lipinski definition) is 6. The Labute approximate surface area is 141 Å². The first-order valence-electron chi connectivity index (χ1n) is 7.18. The second kappa shape index (κ2) is 9.75. The van der Waals surface area contributed by atoms with E-state index in [-0.39, 0.29) is 25.0 Å². The summed E-state index contributed by atoms with van der Waals surface area (Å²) in [5, 5.41) is 24.6. The topological polar surface area (TPSA) is 162 Å². The van der Waals surface area contributed by atoms with Crippen LogP contribution in [0.4, 0.5) is 0 Å². The monoisotopic (exact) mass is 361 g/mol. The average molecular weight is 361 g/mol. The van der Waals surface area contributed by atoms with Crippen LogP contribution in [0.25, 0.3) is 0 Å². The molecule has 134 valence electrons. The number of carboxylic acids is 2. The van der Waals surface area contributed by atoms with Crippen molar-refractivity contribution in [3.8, 4) is 0 Å². The summed E-state index contributed by atoms with van der Waals surface area (Å²) in [5.74, 6) is -3.58. The molecular weight excluding hydrogens is 342 g/mol. The van der Waals surface area contributed by atoms with Gasteiger partial charge in [0.15, 0.2) is 0 Å². The molecule has 1 aliphatic rings. The van der Waals surface area contributed by atoms with Crippen molar-refractivity contribution in [1.29, 1.82) is 0 Å². The van der Waals surface area contributed by atoms with Gasteiger partial charge in [-0.05, 0) is 6.42 Å². The molecule has 1 aliphatic heterocycles. The second-order valence-electron chi connectivity index (χ2n) is 5.05. The van der Waals surface area contributed by atoms with Crippen molar-refractivity contribution in [2.45, 2.75) is 31.3 Å². The van der Waals surface area contributed by atoms with E-state index in [9.17, 15) is 24.0 Å². The van der Waals surface area contributed by atoms with Crippen LogP contribution in [0.3, 0.4) is 0 Å². The van der Waals surface area contributed by atoms with Gasteiger partial charge in [-0.2, -0.15) is 11.8 Å². The summed E-state index contributed by atoms with van der Waals surface area (Å²) in [6.45, 7) is -0.570. The summed E-state index contributed by atoms with van der Waals surface area (Å²) in [6.07, 6.45) is -0.222. The maximum atomic E-state index is 11.9. The molecule has 0 spiro atoms. The third-order valence-electron chi connectivity index (χ3n) is 3.12. The Hall–Kier alpha value is -2.30. The summed E-state index contributed by atoms with van der Waals surface area (Å²) < 4.78 is 0. The first-order chi connectivity index (χ1) is 11.3. The van der Waals surface area contributed by atoms with E-state index in [1.165, 1.54) is 11.8 Å². The van der Waals surface area contributed by atoms with Gasteiger partial charge in [0.05, 0.1) is 0 Å². The Bertz CT molecular complexity index is 526. The molecule has 24 heavy (non-hydrogen) atoms. The van der Waals surface area contributed by atoms with Crippen LogP contribution < -0.4 is 16.0 Å². The standard InChI is InChI=1S/C13H19N3O7S/c17-9-2-1-7(13(22)23)15-10(18)3-4-24-6-8(16-9)12(21)14-5-11(19)20/h7-8H,1-6H2,(H,14,21)(H,15,18)(H,16,17)(H,19,20)(H,22,23). The quantitative estimate of drug-likeness (QED) is 0.390. The maximum absolute atomic E-state index is 11.9. The van der Waals surface area contributed by atoms with E-state index in [1.807, 2.05) is 0 Å². The first-order valence-corrected chi connectivity index (χ1v) is 8.34. The van der Waals surface area contributed by atoms with Gasteiger partial charge in [-0.3, -0.25) is 19.2 Å². The molecule has 1 fully saturated rings. The number of nitrogens with one attached hydrogen (secondary N) is 3. The highest BCUT2D eigenvalue weighted by Gasteiger charge is 2.25. The van der Waals surface area contributed by atoms with Gasteiger partial charge in [0.1, 0.15) is 18.6 Å². The minimum Gasteiger partial charge on any atom is -0.480 e. The number of hydrogen-bond donors (Lipinski definition) is 5. The third kappa shape index (κ3) is 7.31. The second-order valence-corrected chi connectivity index (χ2v) is 6.20. The molecule has 3 amide bonds. The van der Waals surface area contributed by atoms with Crippen molar-refractivity contribution < 1.29 is 34.2 Å². The number of aliphatic carboxylic acids is 2. The maximum Gasteiger partial charge on any atom is 0.326 e. The molecule has 1 rings (SSSR count). The lowest BCUT2D eigenvalue weighted by atomic mass is 10.1. The van der Waals surface area contributed by atoms with E-state index < -0.39 is 48.3 Å². The molecule has 0 aliphatic carbocycles. The Kier molecular flexibility index (Phi) is 8.02. The zero-order valence-corrected chi connectivity index (χ0v) is 13.6. The number of rotatable bonds is 4. The lowest BCUT2D eigenvalue weighted by Gasteiger charge is -2.20. The predicted molar refractivity (Wildman–Crippen MR) is 83.3 cm³/mol. The number of thioether (sulfide) groups is 1. The average Bonchev–Trinajstić information content (AvgIpc) is 2.50. The van der Waals surface area contributed by atoms with Gasteiger partial charge in [-0.25, -0.2) is 4.79 Å². The Morgan fingerprint density at radius 1 is 1.08 bits per heavy atom. The van der Waals surface area contributed by atoms with Crippen molar-refractivity contribution in [2.24, 2.45) is 0 Å². The highest BCUT2D eigenvalue weighted by molar-refractivity contribution is 7.99. The smallest absolute Gasteiger partial charge is 0.326 e. The zero-order valence-electron chi connectivity index (χ0n) is 12.7. The molecule has 11 heteroatoms. The lowest BCUT2D eigenvalue weighted by Crippen LogP contribution is -2.50. The van der Waals surface area contributed by atoms with Gasteiger partial charge < -0.3 is 26.2 Å². The molecule has 0 bridgehead atoms. The molecule has 1 saturated heterocycles. The molecule has 5 N–H and O–H groups in total. The van der Waals surface area contributed by atoms with Crippen LogP contribution >= 0.6 is 11.8 Å². The fourth-order valence-corrected chi connectivity index (χ4v) is 2.87. The summed E-state index contributed by atoms with van der Waals surface area (Å²) >= 11 is 1.22. The van der Waals surface area contributed by atoms with Crippen molar-refractivity contribution in [3.63, 3.8) is 0 Å². The summed E-state index contributed by atoms with van der Waals surface area (Å²) in [6, 6.07) is -2.13. The molecule has 2 unspecified atom stereocenters. The summed E-state index contributed by atoms with van der Waals surface area (Å²) in [5.41, 5.74) is 0. The minimum absolute atomic E-state index is 0.0753. The van der Waals surface area contributed by atoms with E-state index in [2.05, 4.69) is 16.0 Å². The lowest BCUT2D eigenvalue weighted by molar-refractivity contribution is -0.142. The fourth-order valence-electron chi connectivity index (χ4n) is 1.90. The van der Waals surface area contributed by atoms with Gasteiger partial charge in [0.2, 0.25) is 17.7 Å². The minimum atomic E-state index is -1.24. The molecule has 0 aromatic heterocycles. The van der Waals surface area contributed by atoms with Crippen molar-refractivity contribution in [3.05, 3.63) is 0 Å². The van der Waals surface area contributed by atoms with Crippen LogP contribution in [0.2, 0.25) is 0 Å². The number of amides is 3. The molecule has 10 nitrogen and oxygen atoms in total. The highest BCUT2D eigenvalue weighted by Crippen LogP contribution is 2.09. The molecule has 0 aromatic rings. The Balaban J connectivity index is 2.72. The zero-order chi connectivity index (χ0) is 18.1. The summed E-state index contributed by atoms with van der Waals surface area (Å²) in [7, 11) is 0. The van der Waals surface area contributed by atoms with E-state index in [4.69, 9.17) is 10.2 Å². The molecule has 1 heterocycles. The van der Waals surface area contributed by atoms with Crippen LogP contribution in [0.1, 0.15) is 19.3 Å². The molecule has 0 saturated carbocycles. The number of carbonyl (C=O) groups excluding carboxylic acids is 3. The largest absolute Gasteiger partial charge is 0.480 e. The van der Waals surface area contributed by atoms with E-state index in [0.29, 0.717) is 5.75 Å². The van der Waals surface area contributed by atoms with E-state index in [1.54, 1.807) is 0 Å². The van der Waals surface area contributed by atoms with Gasteiger partial charge in [0, 0.05) is 24.3 Å². The van der Waals surface area contributed by atoms with E-state index in [0.717, 1.165) is 0 Å². The number of carbonyl (C=O) groups is 5. The van der Waals surface area contributed by atoms with Gasteiger partial charge in [-0.15, -0.1) is 0 Å². The SMILES string of the molecule is O=C(O)CNC(=O)C1CSCCC(=O)NC(C(=O)O)CCC(=O)N1. The molecule has 2 atom stereocenters. The summed E-state index contributed by atoms with van der Waals surface area (Å²) in [4.78, 5) is 57.0. The van der Waals surface area contributed by atoms with Gasteiger partial charge in [-0.1, -0.05) is 0 Å². The first kappa shape index (κ1) is 19.7. The molecular formula is C13H19N3O7S. The van der Waals surface area contributed by atoms with Crippen LogP contribution in [0.15, 0.2) is 0 Å². The molecule has 0 aromatic carbocycles. The van der Waals surface area contributed by atoms with Crippen LogP contribution in [-0.2, 0) is 24.0 Å². The van der Waals surface area contributed by atoms with Crippen LogP contribution in [0, 0.1) is 0 Å². The molecule has 0 radical (unpaired) electrons.